The molecule has 0 aromatic heterocycles. The van der Waals surface area contributed by atoms with E-state index in [4.69, 9.17) is 4.74 Å². The van der Waals surface area contributed by atoms with Gasteiger partial charge in [0.1, 0.15) is 13.1 Å². The number of hydrogen-bond acceptors (Lipinski definition) is 5. The molecule has 0 N–H and O–H groups in total. The van der Waals surface area contributed by atoms with E-state index in [0.717, 1.165) is 64.6 Å². The van der Waals surface area contributed by atoms with Crippen LogP contribution >= 0.6 is 0 Å². The van der Waals surface area contributed by atoms with Crippen LogP contribution in [0.5, 0.6) is 0 Å². The Balaban J connectivity index is 1.63. The van der Waals surface area contributed by atoms with E-state index in [2.05, 4.69) is 27.7 Å². The fraction of sp³-hybridized carbons (Fsp3) is 0.909. The highest BCUT2D eigenvalue weighted by molar-refractivity contribution is 6.02. The second-order valence-corrected chi connectivity index (χ2v) is 12.8. The number of nitrogens with zero attached hydrogens (tertiary/aromatic N) is 4. The number of hydrogen-bond donors (Lipinski definition) is 0. The van der Waals surface area contributed by atoms with Gasteiger partial charge in [0.25, 0.3) is 0 Å². The van der Waals surface area contributed by atoms with Crippen LogP contribution in [-0.2, 0) is 9.53 Å². The first-order valence-electron chi connectivity index (χ1n) is 17.2. The van der Waals surface area contributed by atoms with Crippen molar-refractivity contribution >= 4 is 18.0 Å². The Morgan fingerprint density at radius 2 is 1.57 bits per heavy atom. The third-order valence-electron chi connectivity index (χ3n) is 10.4. The minimum absolute atomic E-state index is 0.0170. The summed E-state index contributed by atoms with van der Waals surface area (Å²) < 4.78 is 5.38. The first-order valence-corrected chi connectivity index (χ1v) is 17.2. The van der Waals surface area contributed by atoms with Gasteiger partial charge in [-0.15, -0.1) is 0 Å². The van der Waals surface area contributed by atoms with E-state index in [1.807, 2.05) is 6.92 Å². The minimum Gasteiger partial charge on any atom is -0.624 e. The van der Waals surface area contributed by atoms with E-state index in [1.54, 1.807) is 16.7 Å². The lowest BCUT2D eigenvalue weighted by molar-refractivity contribution is -0.787. The highest BCUT2D eigenvalue weighted by Gasteiger charge is 2.40. The standard InChI is InChI=1S/C33H62N4O5/c1-7-28(17-13-15-20-35-21-22-37(41,12-6)32(35)40)25-29(8-2)18-24-42-23-16-14-19-33(9-3,10-4)27-36-30(38)26-34(11-5)31(36)39/h28-29H,7-27H2,1-6H3. The molecule has 2 rings (SSSR count). The van der Waals surface area contributed by atoms with Crippen LogP contribution in [0.3, 0.4) is 0 Å². The molecule has 244 valence electrons. The van der Waals surface area contributed by atoms with Crippen molar-refractivity contribution in [3.8, 4) is 0 Å². The number of quaternary nitrogens is 1. The van der Waals surface area contributed by atoms with Crippen LogP contribution in [0.2, 0.25) is 0 Å². The molecule has 0 aliphatic carbocycles. The van der Waals surface area contributed by atoms with Crippen molar-refractivity contribution in [2.45, 2.75) is 119 Å². The molecule has 42 heavy (non-hydrogen) atoms. The molecule has 2 fully saturated rings. The van der Waals surface area contributed by atoms with Crippen LogP contribution in [0.4, 0.5) is 9.59 Å². The highest BCUT2D eigenvalue weighted by atomic mass is 16.6. The lowest BCUT2D eigenvalue weighted by Crippen LogP contribution is -2.45. The fourth-order valence-corrected chi connectivity index (χ4v) is 6.71. The molecule has 0 aromatic carbocycles. The van der Waals surface area contributed by atoms with Crippen LogP contribution in [0.1, 0.15) is 119 Å². The number of rotatable bonds is 23. The predicted molar refractivity (Wildman–Crippen MR) is 169 cm³/mol. The summed E-state index contributed by atoms with van der Waals surface area (Å²) in [6, 6.07) is -0.376. The molecule has 3 unspecified atom stereocenters. The van der Waals surface area contributed by atoms with Gasteiger partial charge in [0.15, 0.2) is 0 Å². The number of likely N-dealkylation sites (N-methyl/N-ethyl adjacent to an activating group) is 2. The maximum atomic E-state index is 12.6. The molecule has 0 bridgehead atoms. The molecule has 2 aliphatic rings. The summed E-state index contributed by atoms with van der Waals surface area (Å²) in [5.74, 6) is 1.31. The molecule has 0 spiro atoms. The second-order valence-electron chi connectivity index (χ2n) is 12.8. The van der Waals surface area contributed by atoms with Gasteiger partial charge in [-0.2, -0.15) is 0 Å². The Morgan fingerprint density at radius 1 is 0.881 bits per heavy atom. The summed E-state index contributed by atoms with van der Waals surface area (Å²) in [4.78, 5) is 42.3. The molecule has 5 amide bonds. The van der Waals surface area contributed by atoms with Crippen molar-refractivity contribution in [1.29, 1.82) is 0 Å². The van der Waals surface area contributed by atoms with E-state index in [-0.39, 0.29) is 29.9 Å². The van der Waals surface area contributed by atoms with E-state index in [0.29, 0.717) is 51.1 Å². The number of carbonyl (C=O) groups excluding carboxylic acids is 3. The maximum absolute atomic E-state index is 12.6. The van der Waals surface area contributed by atoms with Crippen molar-refractivity contribution in [3.63, 3.8) is 0 Å². The monoisotopic (exact) mass is 594 g/mol. The first kappa shape index (κ1) is 36.5. The lowest BCUT2D eigenvalue weighted by Gasteiger charge is -2.35. The summed E-state index contributed by atoms with van der Waals surface area (Å²) >= 11 is 0. The molecule has 2 saturated heterocycles. The number of imide groups is 1. The first-order chi connectivity index (χ1) is 20.1. The van der Waals surface area contributed by atoms with Crippen LogP contribution in [-0.4, -0.2) is 96.3 Å². The van der Waals surface area contributed by atoms with Crippen LogP contribution in [0.15, 0.2) is 0 Å². The van der Waals surface area contributed by atoms with E-state index >= 15 is 0 Å². The average Bonchev–Trinajstić information content (AvgIpc) is 3.45. The summed E-state index contributed by atoms with van der Waals surface area (Å²) in [5, 5.41) is 12.4. The zero-order valence-corrected chi connectivity index (χ0v) is 27.8. The van der Waals surface area contributed by atoms with Crippen molar-refractivity contribution in [1.82, 2.24) is 14.7 Å². The molecule has 9 heteroatoms. The number of unbranched alkanes of at least 4 members (excludes halogenated alkanes) is 2. The lowest BCUT2D eigenvalue weighted by atomic mass is 9.77. The quantitative estimate of drug-likeness (QED) is 0.0548. The predicted octanol–water partition coefficient (Wildman–Crippen LogP) is 7.04. The normalized spacial score (nSPS) is 21.2. The molecule has 0 aromatic rings. The molecule has 3 atom stereocenters. The zero-order chi connectivity index (χ0) is 31.2. The van der Waals surface area contributed by atoms with E-state index in [1.165, 1.54) is 30.6 Å². The molecular weight excluding hydrogens is 532 g/mol. The van der Waals surface area contributed by atoms with Gasteiger partial charge in [0.2, 0.25) is 5.91 Å². The van der Waals surface area contributed by atoms with Gasteiger partial charge < -0.3 is 14.8 Å². The smallest absolute Gasteiger partial charge is 0.419 e. The summed E-state index contributed by atoms with van der Waals surface area (Å²) in [6.07, 6.45) is 12.9. The summed E-state index contributed by atoms with van der Waals surface area (Å²) in [7, 11) is 0. The summed E-state index contributed by atoms with van der Waals surface area (Å²) in [6.45, 7) is 17.6. The van der Waals surface area contributed by atoms with Crippen molar-refractivity contribution in [2.24, 2.45) is 17.3 Å². The molecule has 9 nitrogen and oxygen atoms in total. The Bertz CT molecular complexity index is 835. The number of hydroxylamine groups is 3. The second kappa shape index (κ2) is 18.2. The van der Waals surface area contributed by atoms with Crippen LogP contribution < -0.4 is 0 Å². The number of ether oxygens (including phenoxy) is 1. The van der Waals surface area contributed by atoms with E-state index < -0.39 is 4.65 Å². The van der Waals surface area contributed by atoms with Crippen LogP contribution in [0, 0.1) is 22.5 Å². The largest absolute Gasteiger partial charge is 0.624 e. The Kier molecular flexibility index (Phi) is 15.8. The Hall–Kier alpha value is -1.71. The average molecular weight is 595 g/mol. The van der Waals surface area contributed by atoms with Crippen LogP contribution in [0.25, 0.3) is 0 Å². The number of carbonyl (C=O) groups is 3. The van der Waals surface area contributed by atoms with Gasteiger partial charge in [-0.1, -0.05) is 59.8 Å². The Morgan fingerprint density at radius 3 is 2.14 bits per heavy atom. The fourth-order valence-electron chi connectivity index (χ4n) is 6.71. The zero-order valence-electron chi connectivity index (χ0n) is 27.8. The molecule has 2 heterocycles. The minimum atomic E-state index is -0.683. The summed E-state index contributed by atoms with van der Waals surface area (Å²) in [5.41, 5.74) is -0.0170. The number of amides is 5. The highest BCUT2D eigenvalue weighted by Crippen LogP contribution is 2.35. The SMILES string of the molecule is CCC(CCCCN1CC[N+]([O-])(CC)C1=O)CC(CC)CCOCCCCC(CC)(CC)CN1C(=O)CN(CC)C1=O. The molecule has 2 aliphatic heterocycles. The van der Waals surface area contributed by atoms with E-state index in [9.17, 15) is 19.6 Å². The van der Waals surface area contributed by atoms with Gasteiger partial charge in [-0.25, -0.2) is 9.59 Å². The van der Waals surface area contributed by atoms with Gasteiger partial charge in [0, 0.05) is 32.8 Å². The molecular formula is C33H62N4O5. The third kappa shape index (κ3) is 10.2. The topological polar surface area (TPSA) is 93.2 Å². The Labute approximate surface area is 256 Å². The van der Waals surface area contributed by atoms with Gasteiger partial charge in [0.05, 0.1) is 13.1 Å². The van der Waals surface area contributed by atoms with Gasteiger partial charge in [-0.3, -0.25) is 19.2 Å². The van der Waals surface area contributed by atoms with Crippen molar-refractivity contribution in [2.75, 3.05) is 59.0 Å². The third-order valence-corrected chi connectivity index (χ3v) is 10.4. The number of urea groups is 2. The van der Waals surface area contributed by atoms with Crippen molar-refractivity contribution in [3.05, 3.63) is 5.21 Å². The van der Waals surface area contributed by atoms with Gasteiger partial charge >= 0.3 is 12.1 Å². The molecule has 0 radical (unpaired) electrons. The van der Waals surface area contributed by atoms with Gasteiger partial charge in [-0.05, 0) is 76.0 Å². The maximum Gasteiger partial charge on any atom is 0.419 e. The molecule has 0 saturated carbocycles. The van der Waals surface area contributed by atoms with Crippen molar-refractivity contribution < 1.29 is 23.8 Å².